The van der Waals surface area contributed by atoms with Crippen LogP contribution in [0.15, 0.2) is 4.34 Å². The summed E-state index contributed by atoms with van der Waals surface area (Å²) < 4.78 is 0.906. The van der Waals surface area contributed by atoms with E-state index in [1.54, 1.807) is 23.1 Å². The topological polar surface area (TPSA) is 46.1 Å². The molecule has 0 spiro atoms. The first-order valence-corrected chi connectivity index (χ1v) is 7.06. The molecule has 0 bridgehead atoms. The summed E-state index contributed by atoms with van der Waals surface area (Å²) in [6, 6.07) is 0. The highest BCUT2D eigenvalue weighted by atomic mass is 32.2. The van der Waals surface area contributed by atoms with Crippen LogP contribution in [0.4, 0.5) is 5.13 Å². The number of thioether (sulfide) groups is 1. The standard InChI is InChI=1S/C10H15N3OS2/c1-13(2)9-11-12-10(16-9)15-8-6-4-3-5-7(8)14/h8H,3-6H2,1-2H3. The van der Waals surface area contributed by atoms with E-state index in [2.05, 4.69) is 10.2 Å². The summed E-state index contributed by atoms with van der Waals surface area (Å²) in [4.78, 5) is 13.6. The highest BCUT2D eigenvalue weighted by Crippen LogP contribution is 2.34. The Bertz CT molecular complexity index is 378. The van der Waals surface area contributed by atoms with Gasteiger partial charge in [-0.25, -0.2) is 0 Å². The summed E-state index contributed by atoms with van der Waals surface area (Å²) in [5.41, 5.74) is 0. The minimum atomic E-state index is 0.108. The van der Waals surface area contributed by atoms with Gasteiger partial charge in [0.05, 0.1) is 5.25 Å². The summed E-state index contributed by atoms with van der Waals surface area (Å²) in [6.07, 6.45) is 3.93. The van der Waals surface area contributed by atoms with Crippen molar-refractivity contribution in [2.24, 2.45) is 0 Å². The Kier molecular flexibility index (Phi) is 3.81. The Hall–Kier alpha value is -0.620. The quantitative estimate of drug-likeness (QED) is 0.830. The van der Waals surface area contributed by atoms with Gasteiger partial charge >= 0.3 is 0 Å². The lowest BCUT2D eigenvalue weighted by atomic mass is 9.99. The van der Waals surface area contributed by atoms with Crippen LogP contribution in [0.3, 0.4) is 0 Å². The molecule has 0 N–H and O–H groups in total. The first-order valence-electron chi connectivity index (χ1n) is 5.37. The molecule has 1 aromatic rings. The molecule has 1 aromatic heterocycles. The van der Waals surface area contributed by atoms with Crippen molar-refractivity contribution in [3.05, 3.63) is 0 Å². The molecular formula is C10H15N3OS2. The smallest absolute Gasteiger partial charge is 0.208 e. The van der Waals surface area contributed by atoms with Crippen molar-refractivity contribution in [2.75, 3.05) is 19.0 Å². The van der Waals surface area contributed by atoms with Crippen LogP contribution in [-0.4, -0.2) is 35.3 Å². The fraction of sp³-hybridized carbons (Fsp3) is 0.700. The minimum absolute atomic E-state index is 0.108. The zero-order chi connectivity index (χ0) is 11.5. The molecule has 1 atom stereocenters. The average Bonchev–Trinajstić information content (AvgIpc) is 2.70. The van der Waals surface area contributed by atoms with Crippen molar-refractivity contribution < 1.29 is 4.79 Å². The van der Waals surface area contributed by atoms with Crippen LogP contribution >= 0.6 is 23.1 Å². The number of anilines is 1. The number of hydrogen-bond acceptors (Lipinski definition) is 6. The zero-order valence-corrected chi connectivity index (χ0v) is 11.1. The molecular weight excluding hydrogens is 242 g/mol. The number of ketones is 1. The minimum Gasteiger partial charge on any atom is -0.353 e. The number of rotatable bonds is 3. The number of aromatic nitrogens is 2. The van der Waals surface area contributed by atoms with Crippen molar-refractivity contribution >= 4 is 34.0 Å². The third-order valence-corrected chi connectivity index (χ3v) is 5.01. The largest absolute Gasteiger partial charge is 0.353 e. The van der Waals surface area contributed by atoms with Gasteiger partial charge in [-0.2, -0.15) is 0 Å². The molecule has 1 saturated carbocycles. The summed E-state index contributed by atoms with van der Waals surface area (Å²) in [5, 5.41) is 9.17. The molecule has 2 rings (SSSR count). The van der Waals surface area contributed by atoms with E-state index in [9.17, 15) is 4.79 Å². The third kappa shape index (κ3) is 2.74. The Morgan fingerprint density at radius 3 is 2.81 bits per heavy atom. The first-order chi connectivity index (χ1) is 7.66. The molecule has 1 fully saturated rings. The highest BCUT2D eigenvalue weighted by Gasteiger charge is 2.24. The molecule has 16 heavy (non-hydrogen) atoms. The molecule has 0 radical (unpaired) electrons. The number of nitrogens with zero attached hydrogens (tertiary/aromatic N) is 3. The second-order valence-corrected chi connectivity index (χ2v) is 6.47. The lowest BCUT2D eigenvalue weighted by Crippen LogP contribution is -2.21. The molecule has 0 aliphatic heterocycles. The number of hydrogen-bond donors (Lipinski definition) is 0. The lowest BCUT2D eigenvalue weighted by molar-refractivity contribution is -0.119. The van der Waals surface area contributed by atoms with Crippen LogP contribution in [0.25, 0.3) is 0 Å². The van der Waals surface area contributed by atoms with Crippen molar-refractivity contribution in [3.63, 3.8) is 0 Å². The predicted molar refractivity (Wildman–Crippen MR) is 67.4 cm³/mol. The predicted octanol–water partition coefficient (Wildman–Crippen LogP) is 2.21. The molecule has 4 nitrogen and oxygen atoms in total. The van der Waals surface area contributed by atoms with Crippen LogP contribution in [0.2, 0.25) is 0 Å². The second kappa shape index (κ2) is 5.14. The van der Waals surface area contributed by atoms with Gasteiger partial charge in [0.1, 0.15) is 5.78 Å². The van der Waals surface area contributed by atoms with Crippen LogP contribution in [-0.2, 0) is 4.79 Å². The number of carbonyl (C=O) groups is 1. The van der Waals surface area contributed by atoms with E-state index in [-0.39, 0.29) is 5.25 Å². The normalized spacial score (nSPS) is 21.1. The summed E-state index contributed by atoms with van der Waals surface area (Å²) >= 11 is 3.13. The van der Waals surface area contributed by atoms with Crippen LogP contribution in [0.1, 0.15) is 25.7 Å². The van der Waals surface area contributed by atoms with Crippen molar-refractivity contribution in [2.45, 2.75) is 35.3 Å². The molecule has 0 saturated heterocycles. The van der Waals surface area contributed by atoms with Crippen LogP contribution in [0.5, 0.6) is 0 Å². The van der Waals surface area contributed by atoms with Gasteiger partial charge in [0.15, 0.2) is 4.34 Å². The maximum Gasteiger partial charge on any atom is 0.208 e. The average molecular weight is 257 g/mol. The Morgan fingerprint density at radius 2 is 2.19 bits per heavy atom. The monoisotopic (exact) mass is 257 g/mol. The zero-order valence-electron chi connectivity index (χ0n) is 9.47. The van der Waals surface area contributed by atoms with E-state index in [0.29, 0.717) is 5.78 Å². The maximum absolute atomic E-state index is 11.7. The second-order valence-electron chi connectivity index (χ2n) is 4.06. The van der Waals surface area contributed by atoms with Gasteiger partial charge in [-0.15, -0.1) is 10.2 Å². The van der Waals surface area contributed by atoms with E-state index in [1.165, 1.54) is 0 Å². The van der Waals surface area contributed by atoms with E-state index in [0.717, 1.165) is 35.2 Å². The summed E-state index contributed by atoms with van der Waals surface area (Å²) in [6.45, 7) is 0. The Balaban J connectivity index is 1.99. The Morgan fingerprint density at radius 1 is 1.38 bits per heavy atom. The first kappa shape index (κ1) is 11.9. The molecule has 0 amide bonds. The lowest BCUT2D eigenvalue weighted by Gasteiger charge is -2.18. The fourth-order valence-electron chi connectivity index (χ4n) is 1.63. The summed E-state index contributed by atoms with van der Waals surface area (Å²) in [5.74, 6) is 0.373. The van der Waals surface area contributed by atoms with E-state index < -0.39 is 0 Å². The number of carbonyl (C=O) groups excluding carboxylic acids is 1. The molecule has 1 aliphatic rings. The molecule has 0 aromatic carbocycles. The fourth-order valence-corrected chi connectivity index (χ4v) is 3.76. The Labute approximate surface area is 103 Å². The maximum atomic E-state index is 11.7. The van der Waals surface area contributed by atoms with Gasteiger partial charge in [0.25, 0.3) is 0 Å². The van der Waals surface area contributed by atoms with Crippen molar-refractivity contribution in [1.82, 2.24) is 10.2 Å². The molecule has 6 heteroatoms. The molecule has 1 unspecified atom stereocenters. The van der Waals surface area contributed by atoms with Crippen LogP contribution in [0, 0.1) is 0 Å². The van der Waals surface area contributed by atoms with Gasteiger partial charge in [-0.3, -0.25) is 4.79 Å². The van der Waals surface area contributed by atoms with E-state index >= 15 is 0 Å². The van der Waals surface area contributed by atoms with Crippen LogP contribution < -0.4 is 4.90 Å². The van der Waals surface area contributed by atoms with Gasteiger partial charge in [-0.05, 0) is 12.8 Å². The van der Waals surface area contributed by atoms with Gasteiger partial charge < -0.3 is 4.90 Å². The van der Waals surface area contributed by atoms with Crippen molar-refractivity contribution in [1.29, 1.82) is 0 Å². The van der Waals surface area contributed by atoms with E-state index in [1.807, 2.05) is 19.0 Å². The molecule has 1 aliphatic carbocycles. The molecule has 1 heterocycles. The highest BCUT2D eigenvalue weighted by molar-refractivity contribution is 8.02. The summed E-state index contributed by atoms with van der Waals surface area (Å²) in [7, 11) is 3.89. The van der Waals surface area contributed by atoms with Gasteiger partial charge in [0, 0.05) is 20.5 Å². The third-order valence-electron chi connectivity index (χ3n) is 2.52. The van der Waals surface area contributed by atoms with Crippen molar-refractivity contribution in [3.8, 4) is 0 Å². The number of Topliss-reactive ketones (excluding diaryl/α,β-unsaturated/α-hetero) is 1. The SMILES string of the molecule is CN(C)c1nnc(SC2CCCCC2=O)s1. The van der Waals surface area contributed by atoms with Gasteiger partial charge in [-0.1, -0.05) is 29.5 Å². The molecule has 88 valence electrons. The van der Waals surface area contributed by atoms with E-state index in [4.69, 9.17) is 0 Å². The van der Waals surface area contributed by atoms with Gasteiger partial charge in [0.2, 0.25) is 5.13 Å².